The SMILES string of the molecule is C[C@@H]1C[C@@H](C)CN(c2ccc(NC(=S)N[C@@H](C)c3ccccc3)cn2)C1. The molecule has 0 saturated carbocycles. The molecule has 138 valence electrons. The molecule has 0 unspecified atom stereocenters. The number of rotatable bonds is 4. The van der Waals surface area contributed by atoms with Crippen LogP contribution in [0, 0.1) is 11.8 Å². The predicted molar refractivity (Wildman–Crippen MR) is 114 cm³/mol. The van der Waals surface area contributed by atoms with E-state index < -0.39 is 0 Å². The van der Waals surface area contributed by atoms with Crippen molar-refractivity contribution in [2.75, 3.05) is 23.3 Å². The van der Waals surface area contributed by atoms with Gasteiger partial charge in [0.05, 0.1) is 17.9 Å². The molecule has 2 heterocycles. The minimum absolute atomic E-state index is 0.153. The number of nitrogens with one attached hydrogen (secondary N) is 2. The Kier molecular flexibility index (Phi) is 6.09. The monoisotopic (exact) mass is 368 g/mol. The molecule has 0 radical (unpaired) electrons. The van der Waals surface area contributed by atoms with E-state index in [0.717, 1.165) is 36.4 Å². The van der Waals surface area contributed by atoms with E-state index in [2.05, 4.69) is 59.5 Å². The van der Waals surface area contributed by atoms with Crippen LogP contribution in [0.15, 0.2) is 48.7 Å². The van der Waals surface area contributed by atoms with E-state index in [1.807, 2.05) is 30.5 Å². The van der Waals surface area contributed by atoms with Gasteiger partial charge >= 0.3 is 0 Å². The number of aromatic nitrogens is 1. The van der Waals surface area contributed by atoms with Crippen molar-refractivity contribution in [3.05, 3.63) is 54.2 Å². The maximum Gasteiger partial charge on any atom is 0.171 e. The van der Waals surface area contributed by atoms with Gasteiger partial charge in [0.25, 0.3) is 0 Å². The second-order valence-corrected chi connectivity index (χ2v) is 7.90. The summed E-state index contributed by atoms with van der Waals surface area (Å²) in [5.41, 5.74) is 2.11. The van der Waals surface area contributed by atoms with Crippen molar-refractivity contribution < 1.29 is 0 Å². The van der Waals surface area contributed by atoms with E-state index >= 15 is 0 Å². The molecular formula is C21H28N4S. The smallest absolute Gasteiger partial charge is 0.171 e. The first-order valence-corrected chi connectivity index (χ1v) is 9.75. The molecule has 1 aromatic carbocycles. The van der Waals surface area contributed by atoms with Gasteiger partial charge in [-0.3, -0.25) is 0 Å². The van der Waals surface area contributed by atoms with Crippen LogP contribution in [-0.4, -0.2) is 23.2 Å². The summed E-state index contributed by atoms with van der Waals surface area (Å²) in [4.78, 5) is 7.02. The number of anilines is 2. The highest BCUT2D eigenvalue weighted by Crippen LogP contribution is 2.25. The Bertz CT molecular complexity index is 707. The lowest BCUT2D eigenvalue weighted by Crippen LogP contribution is -2.39. The molecule has 1 fully saturated rings. The lowest BCUT2D eigenvalue weighted by Gasteiger charge is -2.35. The van der Waals surface area contributed by atoms with Crippen LogP contribution < -0.4 is 15.5 Å². The molecule has 1 saturated heterocycles. The van der Waals surface area contributed by atoms with Gasteiger partial charge in [-0.2, -0.15) is 0 Å². The van der Waals surface area contributed by atoms with E-state index in [4.69, 9.17) is 12.2 Å². The summed E-state index contributed by atoms with van der Waals surface area (Å²) in [6.45, 7) is 8.90. The van der Waals surface area contributed by atoms with Crippen molar-refractivity contribution in [2.45, 2.75) is 33.2 Å². The number of thiocarbonyl (C=S) groups is 1. The third-order valence-electron chi connectivity index (χ3n) is 4.85. The topological polar surface area (TPSA) is 40.2 Å². The largest absolute Gasteiger partial charge is 0.356 e. The second kappa shape index (κ2) is 8.49. The Labute approximate surface area is 162 Å². The fraction of sp³-hybridized carbons (Fsp3) is 0.429. The van der Waals surface area contributed by atoms with Gasteiger partial charge < -0.3 is 15.5 Å². The number of benzene rings is 1. The van der Waals surface area contributed by atoms with Crippen LogP contribution in [0.5, 0.6) is 0 Å². The van der Waals surface area contributed by atoms with Crippen molar-refractivity contribution in [2.24, 2.45) is 11.8 Å². The molecule has 0 amide bonds. The van der Waals surface area contributed by atoms with E-state index in [9.17, 15) is 0 Å². The maximum absolute atomic E-state index is 5.44. The van der Waals surface area contributed by atoms with E-state index in [1.165, 1.54) is 12.0 Å². The Morgan fingerprint density at radius 2 is 1.81 bits per heavy atom. The molecule has 0 spiro atoms. The maximum atomic E-state index is 5.44. The van der Waals surface area contributed by atoms with Crippen LogP contribution >= 0.6 is 12.2 Å². The summed E-state index contributed by atoms with van der Waals surface area (Å²) >= 11 is 5.44. The molecule has 0 bridgehead atoms. The van der Waals surface area contributed by atoms with Crippen molar-refractivity contribution in [1.29, 1.82) is 0 Å². The molecule has 26 heavy (non-hydrogen) atoms. The van der Waals surface area contributed by atoms with Crippen molar-refractivity contribution >= 4 is 28.8 Å². The van der Waals surface area contributed by atoms with Crippen LogP contribution in [0.4, 0.5) is 11.5 Å². The molecular weight excluding hydrogens is 340 g/mol. The van der Waals surface area contributed by atoms with Gasteiger partial charge in [0.15, 0.2) is 5.11 Å². The molecule has 5 heteroatoms. The fourth-order valence-electron chi connectivity index (χ4n) is 3.69. The molecule has 0 aliphatic carbocycles. The lowest BCUT2D eigenvalue weighted by molar-refractivity contribution is 0.355. The fourth-order valence-corrected chi connectivity index (χ4v) is 3.98. The number of hydrogen-bond acceptors (Lipinski definition) is 3. The van der Waals surface area contributed by atoms with Gasteiger partial charge in [-0.15, -0.1) is 0 Å². The highest BCUT2D eigenvalue weighted by atomic mass is 32.1. The summed E-state index contributed by atoms with van der Waals surface area (Å²) in [6.07, 6.45) is 3.16. The van der Waals surface area contributed by atoms with Crippen molar-refractivity contribution in [3.8, 4) is 0 Å². The Morgan fingerprint density at radius 1 is 1.12 bits per heavy atom. The average Bonchev–Trinajstić information content (AvgIpc) is 2.62. The predicted octanol–water partition coefficient (Wildman–Crippen LogP) is 4.61. The van der Waals surface area contributed by atoms with Crippen LogP contribution in [0.3, 0.4) is 0 Å². The zero-order valence-corrected chi connectivity index (χ0v) is 16.6. The summed E-state index contributed by atoms with van der Waals surface area (Å²) < 4.78 is 0. The zero-order valence-electron chi connectivity index (χ0n) is 15.8. The number of hydrogen-bond donors (Lipinski definition) is 2. The summed E-state index contributed by atoms with van der Waals surface area (Å²) in [7, 11) is 0. The van der Waals surface area contributed by atoms with Gasteiger partial charge in [0.1, 0.15) is 5.82 Å². The van der Waals surface area contributed by atoms with Crippen LogP contribution in [-0.2, 0) is 0 Å². The normalized spacial score (nSPS) is 21.1. The van der Waals surface area contributed by atoms with Crippen LogP contribution in [0.2, 0.25) is 0 Å². The Hall–Kier alpha value is -2.14. The number of nitrogens with zero attached hydrogens (tertiary/aromatic N) is 2. The number of piperidine rings is 1. The Balaban J connectivity index is 1.56. The van der Waals surface area contributed by atoms with Gasteiger partial charge in [-0.05, 0) is 55.1 Å². The summed E-state index contributed by atoms with van der Waals surface area (Å²) in [6, 6.07) is 14.6. The van der Waals surface area contributed by atoms with Gasteiger partial charge in [0, 0.05) is 13.1 Å². The molecule has 1 aliphatic rings. The number of pyridine rings is 1. The van der Waals surface area contributed by atoms with E-state index in [1.54, 1.807) is 0 Å². The second-order valence-electron chi connectivity index (χ2n) is 7.49. The summed E-state index contributed by atoms with van der Waals surface area (Å²) in [5, 5.41) is 7.15. The molecule has 1 aromatic heterocycles. The molecule has 3 atom stereocenters. The third kappa shape index (κ3) is 4.94. The lowest BCUT2D eigenvalue weighted by atomic mass is 9.92. The molecule has 1 aliphatic heterocycles. The van der Waals surface area contributed by atoms with Gasteiger partial charge in [0.2, 0.25) is 0 Å². The molecule has 2 N–H and O–H groups in total. The quantitative estimate of drug-likeness (QED) is 0.771. The third-order valence-corrected chi connectivity index (χ3v) is 5.07. The first-order valence-electron chi connectivity index (χ1n) is 9.34. The highest BCUT2D eigenvalue weighted by Gasteiger charge is 2.22. The van der Waals surface area contributed by atoms with Gasteiger partial charge in [-0.1, -0.05) is 44.2 Å². The molecule has 2 aromatic rings. The molecule has 3 rings (SSSR count). The average molecular weight is 369 g/mol. The van der Waals surface area contributed by atoms with E-state index in [0.29, 0.717) is 5.11 Å². The minimum Gasteiger partial charge on any atom is -0.356 e. The first kappa shape index (κ1) is 18.6. The van der Waals surface area contributed by atoms with Crippen molar-refractivity contribution in [3.63, 3.8) is 0 Å². The Morgan fingerprint density at radius 3 is 2.42 bits per heavy atom. The standard InChI is InChI=1S/C21H28N4S/c1-15-11-16(2)14-25(13-15)20-10-9-19(12-22-20)24-21(26)23-17(3)18-7-5-4-6-8-18/h4-10,12,15-17H,11,13-14H2,1-3H3,(H2,23,24,26)/t15-,16-,17+/m1/s1. The summed E-state index contributed by atoms with van der Waals surface area (Å²) in [5.74, 6) is 2.48. The minimum atomic E-state index is 0.153. The van der Waals surface area contributed by atoms with Crippen molar-refractivity contribution in [1.82, 2.24) is 10.3 Å². The van der Waals surface area contributed by atoms with Gasteiger partial charge in [-0.25, -0.2) is 4.98 Å². The molecule has 4 nitrogen and oxygen atoms in total. The van der Waals surface area contributed by atoms with Crippen LogP contribution in [0.25, 0.3) is 0 Å². The highest BCUT2D eigenvalue weighted by molar-refractivity contribution is 7.80. The van der Waals surface area contributed by atoms with Crippen LogP contribution in [0.1, 0.15) is 38.8 Å². The first-order chi connectivity index (χ1) is 12.5. The zero-order chi connectivity index (χ0) is 18.5. The van der Waals surface area contributed by atoms with E-state index in [-0.39, 0.29) is 6.04 Å².